The summed E-state index contributed by atoms with van der Waals surface area (Å²) in [6.45, 7) is 0. The number of carbonyl (C=O) groups is 2. The van der Waals surface area contributed by atoms with Gasteiger partial charge in [-0.2, -0.15) is 0 Å². The standard InChI is InChI=1S/C17H19N3O6S/c1-24-11-4-5-12(13(8-11)25-2)19-15(22)9-27-17-18-10(6-14(21)20-17)7-16(23)26-3/h4-6,8H,7,9H2,1-3H3,(H,19,22)(H,18,20,21). The maximum absolute atomic E-state index is 12.2. The largest absolute Gasteiger partial charge is 0.497 e. The number of hydrogen-bond donors (Lipinski definition) is 2. The average Bonchev–Trinajstić information content (AvgIpc) is 2.66. The van der Waals surface area contributed by atoms with E-state index in [0.717, 1.165) is 11.8 Å². The fraction of sp³-hybridized carbons (Fsp3) is 0.294. The average molecular weight is 393 g/mol. The minimum absolute atomic E-state index is 0.000197. The fourth-order valence-electron chi connectivity index (χ4n) is 2.08. The number of methoxy groups -OCH3 is 3. The number of esters is 1. The van der Waals surface area contributed by atoms with Crippen molar-refractivity contribution in [2.75, 3.05) is 32.4 Å². The van der Waals surface area contributed by atoms with Crippen LogP contribution in [-0.2, 0) is 20.7 Å². The Hall–Kier alpha value is -3.01. The fourth-order valence-corrected chi connectivity index (χ4v) is 2.78. The van der Waals surface area contributed by atoms with E-state index >= 15 is 0 Å². The number of ether oxygens (including phenoxy) is 3. The van der Waals surface area contributed by atoms with Gasteiger partial charge in [0, 0.05) is 12.1 Å². The summed E-state index contributed by atoms with van der Waals surface area (Å²) >= 11 is 1.04. The summed E-state index contributed by atoms with van der Waals surface area (Å²) in [7, 11) is 4.27. The summed E-state index contributed by atoms with van der Waals surface area (Å²) in [6.07, 6.45) is -0.122. The first-order chi connectivity index (χ1) is 12.9. The number of aromatic nitrogens is 2. The highest BCUT2D eigenvalue weighted by atomic mass is 32.2. The van der Waals surface area contributed by atoms with Crippen LogP contribution in [0.25, 0.3) is 0 Å². The van der Waals surface area contributed by atoms with E-state index in [1.54, 1.807) is 18.2 Å². The van der Waals surface area contributed by atoms with E-state index in [-0.39, 0.29) is 28.9 Å². The van der Waals surface area contributed by atoms with Crippen LogP contribution in [0.15, 0.2) is 34.2 Å². The lowest BCUT2D eigenvalue weighted by Crippen LogP contribution is -2.17. The summed E-state index contributed by atoms with van der Waals surface area (Å²) in [4.78, 5) is 41.8. The Morgan fingerprint density at radius 3 is 2.63 bits per heavy atom. The second-order valence-electron chi connectivity index (χ2n) is 5.20. The summed E-state index contributed by atoms with van der Waals surface area (Å²) in [5.41, 5.74) is 0.346. The van der Waals surface area contributed by atoms with Crippen molar-refractivity contribution in [1.82, 2.24) is 9.97 Å². The van der Waals surface area contributed by atoms with Gasteiger partial charge >= 0.3 is 5.97 Å². The molecule has 1 aromatic heterocycles. The summed E-state index contributed by atoms with van der Waals surface area (Å²) in [5.74, 6) is 0.236. The number of aromatic amines is 1. The number of rotatable bonds is 8. The molecular weight excluding hydrogens is 374 g/mol. The molecule has 0 saturated heterocycles. The third-order valence-electron chi connectivity index (χ3n) is 3.35. The highest BCUT2D eigenvalue weighted by Crippen LogP contribution is 2.29. The molecule has 0 atom stereocenters. The van der Waals surface area contributed by atoms with Crippen LogP contribution in [0.5, 0.6) is 11.5 Å². The lowest BCUT2D eigenvalue weighted by atomic mass is 10.2. The molecule has 0 radical (unpaired) electrons. The van der Waals surface area contributed by atoms with Gasteiger partial charge in [0.05, 0.1) is 44.9 Å². The Balaban J connectivity index is 2.01. The van der Waals surface area contributed by atoms with Gasteiger partial charge in [-0.1, -0.05) is 11.8 Å². The minimum atomic E-state index is -0.506. The first kappa shape index (κ1) is 20.3. The smallest absolute Gasteiger partial charge is 0.311 e. The normalized spacial score (nSPS) is 10.2. The Labute approximate surface area is 159 Å². The van der Waals surface area contributed by atoms with Gasteiger partial charge < -0.3 is 24.5 Å². The van der Waals surface area contributed by atoms with Gasteiger partial charge in [0.15, 0.2) is 5.16 Å². The maximum Gasteiger partial charge on any atom is 0.311 e. The molecule has 1 heterocycles. The number of H-pyrrole nitrogens is 1. The molecule has 10 heteroatoms. The van der Waals surface area contributed by atoms with E-state index in [2.05, 4.69) is 20.0 Å². The van der Waals surface area contributed by atoms with Crippen molar-refractivity contribution in [1.29, 1.82) is 0 Å². The first-order valence-corrected chi connectivity index (χ1v) is 8.75. The zero-order valence-corrected chi connectivity index (χ0v) is 15.8. The van der Waals surface area contributed by atoms with Crippen LogP contribution >= 0.6 is 11.8 Å². The lowest BCUT2D eigenvalue weighted by molar-refractivity contribution is -0.139. The van der Waals surface area contributed by atoms with E-state index in [9.17, 15) is 14.4 Å². The van der Waals surface area contributed by atoms with Crippen molar-refractivity contribution in [3.8, 4) is 11.5 Å². The van der Waals surface area contributed by atoms with Crippen molar-refractivity contribution in [3.05, 3.63) is 40.3 Å². The Bertz CT molecular complexity index is 883. The number of carbonyl (C=O) groups excluding carboxylic acids is 2. The number of benzene rings is 1. The van der Waals surface area contributed by atoms with Gasteiger partial charge in [0.25, 0.3) is 5.56 Å². The van der Waals surface area contributed by atoms with Gasteiger partial charge in [-0.05, 0) is 12.1 Å². The third kappa shape index (κ3) is 6.03. The number of amides is 1. The van der Waals surface area contributed by atoms with Crippen molar-refractivity contribution < 1.29 is 23.8 Å². The first-order valence-electron chi connectivity index (χ1n) is 7.77. The van der Waals surface area contributed by atoms with Crippen LogP contribution in [0.4, 0.5) is 5.69 Å². The molecule has 0 aliphatic carbocycles. The molecule has 9 nitrogen and oxygen atoms in total. The molecule has 144 valence electrons. The van der Waals surface area contributed by atoms with Crippen molar-refractivity contribution in [3.63, 3.8) is 0 Å². The van der Waals surface area contributed by atoms with Crippen LogP contribution in [0.3, 0.4) is 0 Å². The van der Waals surface area contributed by atoms with Gasteiger partial charge in [-0.3, -0.25) is 14.4 Å². The lowest BCUT2D eigenvalue weighted by Gasteiger charge is -2.11. The van der Waals surface area contributed by atoms with E-state index in [4.69, 9.17) is 9.47 Å². The topological polar surface area (TPSA) is 120 Å². The molecule has 2 rings (SSSR count). The molecule has 0 unspecified atom stereocenters. The SMILES string of the molecule is COC(=O)Cc1cc(=O)[nH]c(SCC(=O)Nc2ccc(OC)cc2OC)n1. The van der Waals surface area contributed by atoms with Gasteiger partial charge in [-0.15, -0.1) is 0 Å². The zero-order chi connectivity index (χ0) is 19.8. The van der Waals surface area contributed by atoms with Gasteiger partial charge in [0.1, 0.15) is 11.5 Å². The van der Waals surface area contributed by atoms with E-state index in [1.807, 2.05) is 0 Å². The summed E-state index contributed by atoms with van der Waals surface area (Å²) < 4.78 is 14.9. The summed E-state index contributed by atoms with van der Waals surface area (Å²) in [5, 5.41) is 2.95. The second kappa shape index (κ2) is 9.62. The van der Waals surface area contributed by atoms with Crippen LogP contribution in [0, 0.1) is 0 Å². The molecule has 0 aliphatic heterocycles. The number of nitrogens with zero attached hydrogens (tertiary/aromatic N) is 1. The van der Waals surface area contributed by atoms with E-state index < -0.39 is 11.5 Å². The number of thioether (sulfide) groups is 1. The van der Waals surface area contributed by atoms with Crippen molar-refractivity contribution >= 4 is 29.3 Å². The van der Waals surface area contributed by atoms with E-state index in [0.29, 0.717) is 17.2 Å². The molecule has 0 aliphatic rings. The Morgan fingerprint density at radius 1 is 1.19 bits per heavy atom. The number of nitrogens with one attached hydrogen (secondary N) is 2. The second-order valence-corrected chi connectivity index (χ2v) is 6.16. The number of anilines is 1. The van der Waals surface area contributed by atoms with Crippen LogP contribution < -0.4 is 20.3 Å². The molecule has 0 fully saturated rings. The maximum atomic E-state index is 12.2. The molecule has 1 amide bonds. The molecule has 2 N–H and O–H groups in total. The quantitative estimate of drug-likeness (QED) is 0.390. The van der Waals surface area contributed by atoms with Crippen LogP contribution in [0.2, 0.25) is 0 Å². The predicted molar refractivity (Wildman–Crippen MR) is 99.5 cm³/mol. The van der Waals surface area contributed by atoms with E-state index in [1.165, 1.54) is 27.4 Å². The monoisotopic (exact) mass is 393 g/mol. The van der Waals surface area contributed by atoms with Gasteiger partial charge in [-0.25, -0.2) is 4.98 Å². The number of hydrogen-bond acceptors (Lipinski definition) is 8. The molecule has 2 aromatic rings. The molecule has 1 aromatic carbocycles. The predicted octanol–water partition coefficient (Wildman–Crippen LogP) is 1.23. The molecule has 0 saturated carbocycles. The highest BCUT2D eigenvalue weighted by molar-refractivity contribution is 7.99. The molecule has 0 spiro atoms. The molecular formula is C17H19N3O6S. The minimum Gasteiger partial charge on any atom is -0.497 e. The van der Waals surface area contributed by atoms with Gasteiger partial charge in [0.2, 0.25) is 5.91 Å². The Morgan fingerprint density at radius 2 is 1.96 bits per heavy atom. The van der Waals surface area contributed by atoms with Crippen molar-refractivity contribution in [2.24, 2.45) is 0 Å². The highest BCUT2D eigenvalue weighted by Gasteiger charge is 2.12. The Kier molecular flexibility index (Phi) is 7.24. The summed E-state index contributed by atoms with van der Waals surface area (Å²) in [6, 6.07) is 6.22. The molecule has 0 bridgehead atoms. The van der Waals surface area contributed by atoms with Crippen LogP contribution in [0.1, 0.15) is 5.69 Å². The van der Waals surface area contributed by atoms with Crippen molar-refractivity contribution in [2.45, 2.75) is 11.6 Å². The van der Waals surface area contributed by atoms with Crippen LogP contribution in [-0.4, -0.2) is 48.9 Å². The zero-order valence-electron chi connectivity index (χ0n) is 15.0. The third-order valence-corrected chi connectivity index (χ3v) is 4.22. The molecule has 27 heavy (non-hydrogen) atoms.